The second-order valence-electron chi connectivity index (χ2n) is 4.17. The highest BCUT2D eigenvalue weighted by molar-refractivity contribution is 5.88. The van der Waals surface area contributed by atoms with E-state index >= 15 is 0 Å². The summed E-state index contributed by atoms with van der Waals surface area (Å²) in [4.78, 5) is 21.5. The topological polar surface area (TPSA) is 60.2 Å². The Morgan fingerprint density at radius 3 is 2.50 bits per heavy atom. The third-order valence-corrected chi connectivity index (χ3v) is 3.24. The third-order valence-electron chi connectivity index (χ3n) is 3.24. The number of hydrogen-bond acceptors (Lipinski definition) is 3. The molecule has 87 valence electrons. The summed E-state index contributed by atoms with van der Waals surface area (Å²) in [6.07, 6.45) is 2.01. The molecule has 0 aromatic heterocycles. The second-order valence-corrected chi connectivity index (χ2v) is 4.17. The van der Waals surface area contributed by atoms with Gasteiger partial charge in [-0.1, -0.05) is 30.3 Å². The first kappa shape index (κ1) is 10.7. The molecule has 4 nitrogen and oxygen atoms in total. The maximum Gasteiger partial charge on any atom is 0.270 e. The molecule has 0 fully saturated rings. The lowest BCUT2D eigenvalue weighted by Gasteiger charge is -2.02. The quantitative estimate of drug-likeness (QED) is 0.597. The van der Waals surface area contributed by atoms with Crippen molar-refractivity contribution in [2.24, 2.45) is 0 Å². The minimum absolute atomic E-state index is 0.0371. The number of carbonyl (C=O) groups excluding carboxylic acids is 1. The molecule has 0 spiro atoms. The number of nitro benzene ring substituents is 1. The van der Waals surface area contributed by atoms with Gasteiger partial charge in [-0.15, -0.1) is 0 Å². The lowest BCUT2D eigenvalue weighted by molar-refractivity contribution is -0.384. The monoisotopic (exact) mass is 238 g/mol. The summed E-state index contributed by atoms with van der Waals surface area (Å²) >= 11 is 0. The molecule has 2 aromatic carbocycles. The molecule has 4 heteroatoms. The SMILES string of the molecule is O=[C]C1c2ccccc2-c2cc([N+](=O)[O-])ccc21. The fourth-order valence-electron chi connectivity index (χ4n) is 2.43. The first-order valence-electron chi connectivity index (χ1n) is 5.47. The number of fused-ring (bicyclic) bond motifs is 3. The lowest BCUT2D eigenvalue weighted by Crippen LogP contribution is -1.97. The summed E-state index contributed by atoms with van der Waals surface area (Å²) < 4.78 is 0. The summed E-state index contributed by atoms with van der Waals surface area (Å²) in [6, 6.07) is 12.0. The van der Waals surface area contributed by atoms with Crippen LogP contribution in [-0.4, -0.2) is 11.2 Å². The van der Waals surface area contributed by atoms with Crippen molar-refractivity contribution >= 4 is 12.0 Å². The molecule has 1 aliphatic carbocycles. The Kier molecular flexibility index (Phi) is 2.23. The first-order chi connectivity index (χ1) is 8.72. The minimum Gasteiger partial charge on any atom is -0.290 e. The Labute approximate surface area is 103 Å². The van der Waals surface area contributed by atoms with Crippen molar-refractivity contribution in [2.75, 3.05) is 0 Å². The van der Waals surface area contributed by atoms with Gasteiger partial charge in [-0.05, 0) is 22.3 Å². The van der Waals surface area contributed by atoms with Crippen LogP contribution in [0.3, 0.4) is 0 Å². The van der Waals surface area contributed by atoms with E-state index in [4.69, 9.17) is 0 Å². The van der Waals surface area contributed by atoms with E-state index in [-0.39, 0.29) is 5.69 Å². The molecule has 1 atom stereocenters. The van der Waals surface area contributed by atoms with Gasteiger partial charge in [0.15, 0.2) is 0 Å². The van der Waals surface area contributed by atoms with Gasteiger partial charge in [0.2, 0.25) is 6.29 Å². The summed E-state index contributed by atoms with van der Waals surface area (Å²) in [6.45, 7) is 0. The molecule has 18 heavy (non-hydrogen) atoms. The van der Waals surface area contributed by atoms with Gasteiger partial charge in [0.05, 0.1) is 10.8 Å². The molecule has 3 rings (SSSR count). The van der Waals surface area contributed by atoms with Crippen molar-refractivity contribution in [1.82, 2.24) is 0 Å². The van der Waals surface area contributed by atoms with Crippen LogP contribution in [0.2, 0.25) is 0 Å². The zero-order valence-electron chi connectivity index (χ0n) is 9.29. The van der Waals surface area contributed by atoms with E-state index < -0.39 is 10.8 Å². The van der Waals surface area contributed by atoms with Crippen LogP contribution in [0.25, 0.3) is 11.1 Å². The molecule has 2 aromatic rings. The standard InChI is InChI=1S/C14H8NO3/c16-8-14-11-4-2-1-3-10(11)13-7-9(15(17)18)5-6-12(13)14/h1-7,14H. The Balaban J connectivity index is 2.28. The largest absolute Gasteiger partial charge is 0.290 e. The van der Waals surface area contributed by atoms with Crippen molar-refractivity contribution < 1.29 is 9.72 Å². The molecule has 1 radical (unpaired) electrons. The van der Waals surface area contributed by atoms with Crippen LogP contribution < -0.4 is 0 Å². The molecule has 1 aliphatic rings. The molecule has 0 saturated heterocycles. The molecule has 0 bridgehead atoms. The van der Waals surface area contributed by atoms with Gasteiger partial charge in [0.1, 0.15) is 0 Å². The number of rotatable bonds is 2. The number of nitrogens with zero attached hydrogens (tertiary/aromatic N) is 1. The highest BCUT2D eigenvalue weighted by Gasteiger charge is 2.29. The molecule has 0 amide bonds. The van der Waals surface area contributed by atoms with Crippen molar-refractivity contribution in [3.63, 3.8) is 0 Å². The van der Waals surface area contributed by atoms with Gasteiger partial charge in [0.25, 0.3) is 5.69 Å². The normalized spacial score (nSPS) is 15.9. The Morgan fingerprint density at radius 1 is 1.06 bits per heavy atom. The van der Waals surface area contributed by atoms with E-state index in [1.165, 1.54) is 12.1 Å². The maximum atomic E-state index is 11.1. The molecular formula is C14H8NO3. The van der Waals surface area contributed by atoms with E-state index in [0.717, 1.165) is 22.3 Å². The minimum atomic E-state index is -0.433. The highest BCUT2D eigenvalue weighted by atomic mass is 16.6. The number of non-ortho nitro benzene ring substituents is 1. The van der Waals surface area contributed by atoms with E-state index in [9.17, 15) is 14.9 Å². The van der Waals surface area contributed by atoms with Crippen molar-refractivity contribution in [2.45, 2.75) is 5.92 Å². The van der Waals surface area contributed by atoms with Gasteiger partial charge in [-0.3, -0.25) is 14.9 Å². The van der Waals surface area contributed by atoms with Crippen LogP contribution in [0.15, 0.2) is 42.5 Å². The Bertz CT molecular complexity index is 664. The van der Waals surface area contributed by atoms with Crippen molar-refractivity contribution in [1.29, 1.82) is 0 Å². The summed E-state index contributed by atoms with van der Waals surface area (Å²) in [5.41, 5.74) is 3.33. The molecule has 0 heterocycles. The predicted molar refractivity (Wildman–Crippen MR) is 66.1 cm³/mol. The van der Waals surface area contributed by atoms with Crippen LogP contribution in [0.5, 0.6) is 0 Å². The summed E-state index contributed by atoms with van der Waals surface area (Å²) in [7, 11) is 0. The summed E-state index contributed by atoms with van der Waals surface area (Å²) in [5.74, 6) is -0.433. The van der Waals surface area contributed by atoms with Gasteiger partial charge in [-0.25, -0.2) is 0 Å². The number of benzene rings is 2. The summed E-state index contributed by atoms with van der Waals surface area (Å²) in [5, 5.41) is 10.8. The lowest BCUT2D eigenvalue weighted by atomic mass is 9.99. The zero-order valence-corrected chi connectivity index (χ0v) is 9.29. The third kappa shape index (κ3) is 1.35. The fourth-order valence-corrected chi connectivity index (χ4v) is 2.43. The predicted octanol–water partition coefficient (Wildman–Crippen LogP) is 2.82. The molecular weight excluding hydrogens is 230 g/mol. The van der Waals surface area contributed by atoms with Crippen LogP contribution in [0.4, 0.5) is 5.69 Å². The first-order valence-corrected chi connectivity index (χ1v) is 5.47. The van der Waals surface area contributed by atoms with Gasteiger partial charge >= 0.3 is 0 Å². The maximum absolute atomic E-state index is 11.1. The van der Waals surface area contributed by atoms with E-state index in [0.29, 0.717) is 0 Å². The number of nitro groups is 1. The Hall–Kier alpha value is -2.49. The number of hydrogen-bond donors (Lipinski definition) is 0. The molecule has 0 aliphatic heterocycles. The van der Waals surface area contributed by atoms with Crippen LogP contribution in [-0.2, 0) is 4.79 Å². The fraction of sp³-hybridized carbons (Fsp3) is 0.0714. The second kappa shape index (κ2) is 3.77. The van der Waals surface area contributed by atoms with Crippen LogP contribution in [0, 0.1) is 10.1 Å². The highest BCUT2D eigenvalue weighted by Crippen LogP contribution is 2.44. The average molecular weight is 238 g/mol. The van der Waals surface area contributed by atoms with Gasteiger partial charge in [-0.2, -0.15) is 0 Å². The van der Waals surface area contributed by atoms with Crippen LogP contribution >= 0.6 is 0 Å². The average Bonchev–Trinajstić information content (AvgIpc) is 2.71. The van der Waals surface area contributed by atoms with Gasteiger partial charge in [0, 0.05) is 12.1 Å². The van der Waals surface area contributed by atoms with Gasteiger partial charge < -0.3 is 0 Å². The molecule has 0 saturated carbocycles. The van der Waals surface area contributed by atoms with Crippen LogP contribution in [0.1, 0.15) is 17.0 Å². The van der Waals surface area contributed by atoms with Crippen molar-refractivity contribution in [3.8, 4) is 11.1 Å². The van der Waals surface area contributed by atoms with E-state index in [1.54, 1.807) is 6.07 Å². The molecule has 0 N–H and O–H groups in total. The zero-order chi connectivity index (χ0) is 12.7. The van der Waals surface area contributed by atoms with E-state index in [1.807, 2.05) is 30.6 Å². The molecule has 1 unspecified atom stereocenters. The Morgan fingerprint density at radius 2 is 1.78 bits per heavy atom. The van der Waals surface area contributed by atoms with E-state index in [2.05, 4.69) is 0 Å². The van der Waals surface area contributed by atoms with Crippen molar-refractivity contribution in [3.05, 3.63) is 63.7 Å². The smallest absolute Gasteiger partial charge is 0.270 e.